The van der Waals surface area contributed by atoms with Crippen molar-refractivity contribution in [2.45, 2.75) is 26.7 Å². The maximum atomic E-state index is 12.3. The van der Waals surface area contributed by atoms with Gasteiger partial charge < -0.3 is 11.1 Å². The normalized spacial score (nSPS) is 10.8. The number of nitrogen functional groups attached to an aromatic ring is 1. The Hall–Kier alpha value is -1.47. The summed E-state index contributed by atoms with van der Waals surface area (Å²) in [6.45, 7) is 5.89. The van der Waals surface area contributed by atoms with Crippen molar-refractivity contribution < 1.29 is 4.79 Å². The summed E-state index contributed by atoms with van der Waals surface area (Å²) < 4.78 is 4.61. The van der Waals surface area contributed by atoms with Crippen LogP contribution >= 0.6 is 27.5 Å². The Morgan fingerprint density at radius 1 is 1.45 bits per heavy atom. The van der Waals surface area contributed by atoms with Gasteiger partial charge in [-0.1, -0.05) is 18.3 Å². The van der Waals surface area contributed by atoms with Crippen LogP contribution in [-0.2, 0) is 0 Å². The first kappa shape index (κ1) is 14.9. The van der Waals surface area contributed by atoms with Crippen LogP contribution in [0.5, 0.6) is 0 Å². The van der Waals surface area contributed by atoms with Crippen LogP contribution < -0.4 is 11.1 Å². The SMILES string of the molecule is Cc1cc(N)c(NC(=O)c2snnc2C(C)C)c(Br)c1. The van der Waals surface area contributed by atoms with Gasteiger partial charge in [0.2, 0.25) is 0 Å². The maximum absolute atomic E-state index is 12.3. The minimum Gasteiger partial charge on any atom is -0.397 e. The molecule has 0 aliphatic heterocycles. The molecule has 5 nitrogen and oxygen atoms in total. The van der Waals surface area contributed by atoms with E-state index >= 15 is 0 Å². The standard InChI is InChI=1S/C13H15BrN4OS/c1-6(2)10-12(20-18-17-10)13(19)16-11-8(14)4-7(3)5-9(11)15/h4-6H,15H2,1-3H3,(H,16,19). The lowest BCUT2D eigenvalue weighted by Gasteiger charge is -2.11. The van der Waals surface area contributed by atoms with E-state index in [0.717, 1.165) is 21.6 Å². The molecule has 0 saturated carbocycles. The van der Waals surface area contributed by atoms with Crippen LogP contribution in [0.4, 0.5) is 11.4 Å². The molecule has 2 aromatic rings. The van der Waals surface area contributed by atoms with E-state index in [2.05, 4.69) is 30.8 Å². The first-order valence-electron chi connectivity index (χ1n) is 6.09. The third kappa shape index (κ3) is 2.99. The van der Waals surface area contributed by atoms with Gasteiger partial charge in [-0.3, -0.25) is 4.79 Å². The van der Waals surface area contributed by atoms with Gasteiger partial charge in [0.05, 0.1) is 17.1 Å². The summed E-state index contributed by atoms with van der Waals surface area (Å²) in [4.78, 5) is 12.9. The highest BCUT2D eigenvalue weighted by Crippen LogP contribution is 2.31. The number of carbonyl (C=O) groups excluding carboxylic acids is 1. The summed E-state index contributed by atoms with van der Waals surface area (Å²) in [6, 6.07) is 3.72. The molecular formula is C13H15BrN4OS. The molecule has 20 heavy (non-hydrogen) atoms. The highest BCUT2D eigenvalue weighted by Gasteiger charge is 2.20. The number of nitrogens with two attached hydrogens (primary N) is 1. The summed E-state index contributed by atoms with van der Waals surface area (Å²) in [7, 11) is 0. The molecule has 2 rings (SSSR count). The van der Waals surface area contributed by atoms with Gasteiger partial charge in [0.1, 0.15) is 4.88 Å². The Bertz CT molecular complexity index is 631. The second-order valence-corrected chi connectivity index (χ2v) is 6.42. The number of hydrogen-bond donors (Lipinski definition) is 2. The summed E-state index contributed by atoms with van der Waals surface area (Å²) in [5.41, 5.74) is 8.77. The van der Waals surface area contributed by atoms with Crippen LogP contribution in [0.15, 0.2) is 16.6 Å². The number of amides is 1. The van der Waals surface area contributed by atoms with Crippen molar-refractivity contribution in [1.29, 1.82) is 0 Å². The third-order valence-electron chi connectivity index (χ3n) is 2.77. The number of carbonyl (C=O) groups is 1. The van der Waals surface area contributed by atoms with E-state index in [0.29, 0.717) is 21.9 Å². The van der Waals surface area contributed by atoms with Gasteiger partial charge in [-0.2, -0.15) is 0 Å². The first-order valence-corrected chi connectivity index (χ1v) is 7.66. The maximum Gasteiger partial charge on any atom is 0.269 e. The van der Waals surface area contributed by atoms with Crippen molar-refractivity contribution in [3.05, 3.63) is 32.7 Å². The molecule has 0 unspecified atom stereocenters. The molecule has 0 fully saturated rings. The molecule has 1 aromatic heterocycles. The van der Waals surface area contributed by atoms with Crippen LogP contribution in [0, 0.1) is 6.92 Å². The summed E-state index contributed by atoms with van der Waals surface area (Å²) in [5.74, 6) is -0.0896. The largest absolute Gasteiger partial charge is 0.397 e. The summed E-state index contributed by atoms with van der Waals surface area (Å²) in [5, 5.41) is 6.83. The number of nitrogens with zero attached hydrogens (tertiary/aromatic N) is 2. The van der Waals surface area contributed by atoms with Gasteiger partial charge in [-0.15, -0.1) is 5.10 Å². The topological polar surface area (TPSA) is 80.9 Å². The van der Waals surface area contributed by atoms with Crippen molar-refractivity contribution in [3.8, 4) is 0 Å². The predicted octanol–water partition coefficient (Wildman–Crippen LogP) is 3.57. The lowest BCUT2D eigenvalue weighted by atomic mass is 10.1. The highest BCUT2D eigenvalue weighted by molar-refractivity contribution is 9.10. The minimum absolute atomic E-state index is 0.147. The molecular weight excluding hydrogens is 340 g/mol. The van der Waals surface area contributed by atoms with Crippen molar-refractivity contribution in [3.63, 3.8) is 0 Å². The van der Waals surface area contributed by atoms with Gasteiger partial charge in [-0.05, 0) is 58.0 Å². The zero-order valence-corrected chi connectivity index (χ0v) is 13.8. The smallest absolute Gasteiger partial charge is 0.269 e. The minimum atomic E-state index is -0.236. The average Bonchev–Trinajstić information content (AvgIpc) is 2.82. The molecule has 3 N–H and O–H groups in total. The molecule has 0 bridgehead atoms. The Labute approximate surface area is 129 Å². The third-order valence-corrected chi connectivity index (χ3v) is 4.14. The van der Waals surface area contributed by atoms with Crippen molar-refractivity contribution in [2.75, 3.05) is 11.1 Å². The molecule has 0 atom stereocenters. The zero-order chi connectivity index (χ0) is 14.9. The zero-order valence-electron chi connectivity index (χ0n) is 11.4. The van der Waals surface area contributed by atoms with E-state index in [1.807, 2.05) is 32.9 Å². The van der Waals surface area contributed by atoms with Crippen molar-refractivity contribution in [2.24, 2.45) is 0 Å². The fourth-order valence-corrected chi connectivity index (χ4v) is 3.21. The first-order chi connectivity index (χ1) is 9.40. The Balaban J connectivity index is 2.31. The molecule has 0 aliphatic rings. The van der Waals surface area contributed by atoms with E-state index < -0.39 is 0 Å². The Morgan fingerprint density at radius 3 is 2.75 bits per heavy atom. The van der Waals surface area contributed by atoms with Gasteiger partial charge >= 0.3 is 0 Å². The fraction of sp³-hybridized carbons (Fsp3) is 0.308. The summed E-state index contributed by atoms with van der Waals surface area (Å²) >= 11 is 4.51. The molecule has 0 saturated heterocycles. The number of aryl methyl sites for hydroxylation is 1. The molecule has 1 heterocycles. The van der Waals surface area contributed by atoms with Gasteiger partial charge in [-0.25, -0.2) is 0 Å². The molecule has 1 amide bonds. The lowest BCUT2D eigenvalue weighted by molar-refractivity contribution is 0.102. The number of benzene rings is 1. The van der Waals surface area contributed by atoms with Gasteiger partial charge in [0, 0.05) is 4.47 Å². The molecule has 1 aromatic carbocycles. The van der Waals surface area contributed by atoms with Crippen LogP contribution in [0.25, 0.3) is 0 Å². The Morgan fingerprint density at radius 2 is 2.15 bits per heavy atom. The van der Waals surface area contributed by atoms with Crippen LogP contribution in [0.2, 0.25) is 0 Å². The number of hydrogen-bond acceptors (Lipinski definition) is 5. The predicted molar refractivity (Wildman–Crippen MR) is 85.2 cm³/mol. The van der Waals surface area contributed by atoms with E-state index in [4.69, 9.17) is 5.73 Å². The monoisotopic (exact) mass is 354 g/mol. The highest BCUT2D eigenvalue weighted by atomic mass is 79.9. The van der Waals surface area contributed by atoms with Crippen molar-refractivity contribution in [1.82, 2.24) is 9.59 Å². The van der Waals surface area contributed by atoms with Crippen LogP contribution in [-0.4, -0.2) is 15.5 Å². The number of halogens is 1. The van der Waals surface area contributed by atoms with E-state index in [1.54, 1.807) is 0 Å². The fourth-order valence-electron chi connectivity index (χ4n) is 1.80. The molecule has 0 spiro atoms. The molecule has 7 heteroatoms. The lowest BCUT2D eigenvalue weighted by Crippen LogP contribution is -2.14. The van der Waals surface area contributed by atoms with Crippen LogP contribution in [0.3, 0.4) is 0 Å². The quantitative estimate of drug-likeness (QED) is 0.825. The van der Waals surface area contributed by atoms with E-state index in [-0.39, 0.29) is 11.8 Å². The molecule has 106 valence electrons. The Kier molecular flexibility index (Phi) is 4.39. The molecule has 0 radical (unpaired) electrons. The average molecular weight is 355 g/mol. The van der Waals surface area contributed by atoms with Crippen LogP contribution in [0.1, 0.15) is 40.7 Å². The number of aromatic nitrogens is 2. The second-order valence-electron chi connectivity index (χ2n) is 4.81. The van der Waals surface area contributed by atoms with E-state index in [1.165, 1.54) is 0 Å². The molecule has 0 aliphatic carbocycles. The van der Waals surface area contributed by atoms with Gasteiger partial charge in [0.15, 0.2) is 0 Å². The number of nitrogens with one attached hydrogen (secondary N) is 1. The second kappa shape index (κ2) is 5.88. The van der Waals surface area contributed by atoms with Gasteiger partial charge in [0.25, 0.3) is 5.91 Å². The summed E-state index contributed by atoms with van der Waals surface area (Å²) in [6.07, 6.45) is 0. The number of rotatable bonds is 3. The number of anilines is 2. The van der Waals surface area contributed by atoms with Crippen molar-refractivity contribution >= 4 is 44.7 Å². The van der Waals surface area contributed by atoms with E-state index in [9.17, 15) is 4.79 Å².